The van der Waals surface area contributed by atoms with Gasteiger partial charge < -0.3 is 5.32 Å². The Balaban J connectivity index is 1.44. The van der Waals surface area contributed by atoms with E-state index in [0.29, 0.717) is 17.3 Å². The van der Waals surface area contributed by atoms with Crippen molar-refractivity contribution >= 4 is 28.4 Å². The second kappa shape index (κ2) is 9.36. The number of aromatic nitrogens is 2. The lowest BCUT2D eigenvalue weighted by molar-refractivity contribution is -0.121. The van der Waals surface area contributed by atoms with E-state index in [1.54, 1.807) is 48.2 Å². The van der Waals surface area contributed by atoms with Crippen molar-refractivity contribution in [2.24, 2.45) is 0 Å². The van der Waals surface area contributed by atoms with Gasteiger partial charge in [0.2, 0.25) is 5.91 Å². The van der Waals surface area contributed by atoms with Gasteiger partial charge in [0.25, 0.3) is 11.1 Å². The molecule has 1 aromatic heterocycles. The van der Waals surface area contributed by atoms with Gasteiger partial charge in [0.05, 0.1) is 17.3 Å². The van der Waals surface area contributed by atoms with Crippen molar-refractivity contribution in [2.75, 3.05) is 12.3 Å². The second-order valence-electron chi connectivity index (χ2n) is 6.20. The lowest BCUT2D eigenvalue weighted by atomic mass is 10.2. The molecule has 8 heteroatoms. The molecule has 6 nitrogen and oxygen atoms in total. The summed E-state index contributed by atoms with van der Waals surface area (Å²) in [5, 5.41) is 5.99. The lowest BCUT2D eigenvalue weighted by Gasteiger charge is -2.08. The fraction of sp³-hybridized carbons (Fsp3) is 0.250. The highest BCUT2D eigenvalue weighted by Crippen LogP contribution is 2.18. The van der Waals surface area contributed by atoms with E-state index in [9.17, 15) is 18.8 Å². The minimum absolute atomic E-state index is 0.0965. The minimum atomic E-state index is -0.353. The fourth-order valence-corrected chi connectivity index (χ4v) is 3.58. The Hall–Kier alpha value is -2.87. The molecular weight excluding hydrogens is 381 g/mol. The van der Waals surface area contributed by atoms with Crippen LogP contribution in [0.15, 0.2) is 63.0 Å². The number of amides is 1. The van der Waals surface area contributed by atoms with Crippen molar-refractivity contribution in [3.63, 3.8) is 0 Å². The number of aromatic amines is 1. The molecule has 3 aromatic rings. The molecule has 0 aliphatic carbocycles. The maximum absolute atomic E-state index is 12.8. The first-order valence-electron chi connectivity index (χ1n) is 8.91. The maximum atomic E-state index is 12.8. The molecule has 0 fully saturated rings. The van der Waals surface area contributed by atoms with E-state index in [0.717, 1.165) is 17.1 Å². The summed E-state index contributed by atoms with van der Waals surface area (Å²) in [5.74, 6) is 0.347. The molecule has 0 saturated carbocycles. The van der Waals surface area contributed by atoms with Gasteiger partial charge in [0.1, 0.15) is 5.82 Å². The van der Waals surface area contributed by atoms with Crippen LogP contribution in [-0.4, -0.2) is 28.0 Å². The Labute approximate surface area is 164 Å². The first-order chi connectivity index (χ1) is 13.5. The number of hydrogen-bond donors (Lipinski definition) is 2. The number of benzene rings is 2. The first-order valence-corrected chi connectivity index (χ1v) is 9.90. The van der Waals surface area contributed by atoms with Gasteiger partial charge >= 0.3 is 0 Å². The van der Waals surface area contributed by atoms with Gasteiger partial charge in [-0.2, -0.15) is 0 Å². The molecule has 0 atom stereocenters. The Morgan fingerprint density at radius 3 is 2.54 bits per heavy atom. The average Bonchev–Trinajstić information content (AvgIpc) is 2.71. The van der Waals surface area contributed by atoms with Crippen LogP contribution in [0.2, 0.25) is 0 Å². The van der Waals surface area contributed by atoms with Crippen molar-refractivity contribution in [1.29, 1.82) is 0 Å². The molecule has 3 rings (SSSR count). The number of H-pyrrole nitrogens is 1. The smallest absolute Gasteiger partial charge is 0.273 e. The summed E-state index contributed by atoms with van der Waals surface area (Å²) >= 11 is 1.59. The van der Waals surface area contributed by atoms with Crippen LogP contribution in [0, 0.1) is 5.82 Å². The zero-order valence-electron chi connectivity index (χ0n) is 15.1. The SMILES string of the molecule is O=C(CCn1[nH]c(=O)c2ccccc2c1=O)NCCCSc1ccc(F)cc1. The standard InChI is InChI=1S/C20H20FN3O3S/c21-14-6-8-15(9-7-14)28-13-3-11-22-18(25)10-12-24-20(27)17-5-2-1-4-16(17)19(26)23-24/h1-2,4-9H,3,10-13H2,(H,22,25)(H,23,26). The normalized spacial score (nSPS) is 10.9. The van der Waals surface area contributed by atoms with Gasteiger partial charge in [-0.25, -0.2) is 9.07 Å². The molecule has 146 valence electrons. The van der Waals surface area contributed by atoms with E-state index < -0.39 is 0 Å². The largest absolute Gasteiger partial charge is 0.356 e. The highest BCUT2D eigenvalue weighted by Gasteiger charge is 2.08. The third kappa shape index (κ3) is 5.10. The van der Waals surface area contributed by atoms with Crippen LogP contribution in [0.25, 0.3) is 10.8 Å². The molecule has 0 aliphatic heterocycles. The summed E-state index contributed by atoms with van der Waals surface area (Å²) in [5.41, 5.74) is -0.674. The summed E-state index contributed by atoms with van der Waals surface area (Å²) in [6.45, 7) is 0.616. The van der Waals surface area contributed by atoms with Crippen molar-refractivity contribution in [3.8, 4) is 0 Å². The van der Waals surface area contributed by atoms with E-state index in [2.05, 4.69) is 10.4 Å². The molecule has 0 saturated heterocycles. The number of thioether (sulfide) groups is 1. The Morgan fingerprint density at radius 2 is 1.79 bits per heavy atom. The van der Waals surface area contributed by atoms with Crippen LogP contribution in [0.1, 0.15) is 12.8 Å². The third-order valence-electron chi connectivity index (χ3n) is 4.17. The number of carbonyl (C=O) groups is 1. The van der Waals surface area contributed by atoms with Gasteiger partial charge in [-0.15, -0.1) is 11.8 Å². The van der Waals surface area contributed by atoms with Crippen LogP contribution in [0.5, 0.6) is 0 Å². The maximum Gasteiger partial charge on any atom is 0.273 e. The molecule has 0 radical (unpaired) electrons. The second-order valence-corrected chi connectivity index (χ2v) is 7.37. The van der Waals surface area contributed by atoms with E-state index >= 15 is 0 Å². The van der Waals surface area contributed by atoms with E-state index in [1.807, 2.05) is 0 Å². The quantitative estimate of drug-likeness (QED) is 0.449. The molecule has 2 N–H and O–H groups in total. The average molecular weight is 401 g/mol. The zero-order chi connectivity index (χ0) is 19.9. The van der Waals surface area contributed by atoms with Crippen molar-refractivity contribution in [3.05, 3.63) is 75.1 Å². The van der Waals surface area contributed by atoms with Gasteiger partial charge in [-0.3, -0.25) is 19.5 Å². The van der Waals surface area contributed by atoms with Crippen molar-refractivity contribution < 1.29 is 9.18 Å². The number of fused-ring (bicyclic) bond motifs is 1. The highest BCUT2D eigenvalue weighted by atomic mass is 32.2. The number of halogens is 1. The molecule has 0 spiro atoms. The predicted octanol–water partition coefficient (Wildman–Crippen LogP) is 2.52. The number of nitrogens with one attached hydrogen (secondary N) is 2. The minimum Gasteiger partial charge on any atom is -0.356 e. The number of aryl methyl sites for hydroxylation is 1. The third-order valence-corrected chi connectivity index (χ3v) is 5.27. The molecule has 0 unspecified atom stereocenters. The van der Waals surface area contributed by atoms with Crippen molar-refractivity contribution in [2.45, 2.75) is 24.3 Å². The highest BCUT2D eigenvalue weighted by molar-refractivity contribution is 7.99. The Bertz CT molecular complexity index is 1080. The van der Waals surface area contributed by atoms with Crippen LogP contribution in [-0.2, 0) is 11.3 Å². The summed E-state index contributed by atoms with van der Waals surface area (Å²) in [6, 6.07) is 12.9. The van der Waals surface area contributed by atoms with Crippen LogP contribution >= 0.6 is 11.8 Å². The number of hydrogen-bond acceptors (Lipinski definition) is 4. The number of rotatable bonds is 8. The van der Waals surface area contributed by atoms with E-state index in [1.165, 1.54) is 16.8 Å². The van der Waals surface area contributed by atoms with Crippen LogP contribution in [0.3, 0.4) is 0 Å². The molecular formula is C20H20FN3O3S. The molecule has 2 aromatic carbocycles. The monoisotopic (exact) mass is 401 g/mol. The summed E-state index contributed by atoms with van der Waals surface area (Å²) in [6.07, 6.45) is 0.861. The molecule has 1 amide bonds. The predicted molar refractivity (Wildman–Crippen MR) is 108 cm³/mol. The molecule has 1 heterocycles. The summed E-state index contributed by atoms with van der Waals surface area (Å²) < 4.78 is 14.0. The first kappa shape index (κ1) is 19.9. The van der Waals surface area contributed by atoms with E-state index in [-0.39, 0.29) is 35.8 Å². The zero-order valence-corrected chi connectivity index (χ0v) is 15.9. The topological polar surface area (TPSA) is 84.0 Å². The summed E-state index contributed by atoms with van der Waals surface area (Å²) in [7, 11) is 0. The Kier molecular flexibility index (Phi) is 6.65. The van der Waals surface area contributed by atoms with Crippen LogP contribution in [0.4, 0.5) is 4.39 Å². The molecule has 0 bridgehead atoms. The van der Waals surface area contributed by atoms with Gasteiger partial charge in [-0.1, -0.05) is 12.1 Å². The number of carbonyl (C=O) groups excluding carboxylic acids is 1. The van der Waals surface area contributed by atoms with Crippen molar-refractivity contribution in [1.82, 2.24) is 15.1 Å². The van der Waals surface area contributed by atoms with E-state index in [4.69, 9.17) is 0 Å². The molecule has 0 aliphatic rings. The lowest BCUT2D eigenvalue weighted by Crippen LogP contribution is -2.32. The van der Waals surface area contributed by atoms with Gasteiger partial charge in [0.15, 0.2) is 0 Å². The van der Waals surface area contributed by atoms with Gasteiger partial charge in [-0.05, 0) is 48.6 Å². The van der Waals surface area contributed by atoms with Crippen LogP contribution < -0.4 is 16.4 Å². The Morgan fingerprint density at radius 1 is 1.07 bits per heavy atom. The fourth-order valence-electron chi connectivity index (χ4n) is 2.73. The molecule has 28 heavy (non-hydrogen) atoms. The summed E-state index contributed by atoms with van der Waals surface area (Å²) in [4.78, 5) is 37.4. The van der Waals surface area contributed by atoms with Gasteiger partial charge in [0, 0.05) is 17.9 Å². The number of nitrogens with zero attached hydrogens (tertiary/aromatic N) is 1.